The molecular weight excluding hydrogens is 332 g/mol. The highest BCUT2D eigenvalue weighted by molar-refractivity contribution is 7.71. The first-order valence-corrected chi connectivity index (χ1v) is 8.30. The van der Waals surface area contributed by atoms with Crippen molar-refractivity contribution >= 4 is 23.1 Å². The largest absolute Gasteiger partial charge is 0.497 e. The summed E-state index contributed by atoms with van der Waals surface area (Å²) >= 11 is 5.48. The Balaban J connectivity index is 1.80. The van der Waals surface area contributed by atoms with E-state index in [-0.39, 0.29) is 0 Å². The van der Waals surface area contributed by atoms with Crippen molar-refractivity contribution in [1.82, 2.24) is 19.7 Å². The van der Waals surface area contributed by atoms with Crippen LogP contribution >= 0.6 is 12.2 Å². The Hall–Kier alpha value is -2.99. The van der Waals surface area contributed by atoms with E-state index in [1.807, 2.05) is 59.2 Å². The number of benzene rings is 2. The summed E-state index contributed by atoms with van der Waals surface area (Å²) < 4.78 is 7.76. The lowest BCUT2D eigenvalue weighted by Crippen LogP contribution is -2.03. The molecule has 2 aromatic carbocycles. The van der Waals surface area contributed by atoms with E-state index in [1.54, 1.807) is 13.3 Å². The Morgan fingerprint density at radius 1 is 1.08 bits per heavy atom. The summed E-state index contributed by atoms with van der Waals surface area (Å²) in [7, 11) is 1.66. The number of aromatic nitrogens is 4. The predicted molar refractivity (Wildman–Crippen MR) is 99.8 cm³/mol. The van der Waals surface area contributed by atoms with E-state index in [9.17, 15) is 0 Å². The van der Waals surface area contributed by atoms with E-state index in [0.717, 1.165) is 33.7 Å². The molecule has 2 heterocycles. The maximum absolute atomic E-state index is 5.48. The van der Waals surface area contributed by atoms with Gasteiger partial charge in [-0.3, -0.25) is 14.6 Å². The van der Waals surface area contributed by atoms with Crippen molar-refractivity contribution in [2.45, 2.75) is 6.42 Å². The average Bonchev–Trinajstić information content (AvgIpc) is 3.02. The number of hydrogen-bond acceptors (Lipinski definition) is 4. The summed E-state index contributed by atoms with van der Waals surface area (Å²) in [6.45, 7) is 0. The van der Waals surface area contributed by atoms with Crippen molar-refractivity contribution in [2.24, 2.45) is 0 Å². The second-order valence-electron chi connectivity index (χ2n) is 5.65. The van der Waals surface area contributed by atoms with Gasteiger partial charge in [-0.05, 0) is 54.2 Å². The number of nitrogens with zero attached hydrogens (tertiary/aromatic N) is 3. The maximum Gasteiger partial charge on any atom is 0.199 e. The topological polar surface area (TPSA) is 55.7 Å². The van der Waals surface area contributed by atoms with Crippen molar-refractivity contribution in [1.29, 1.82) is 0 Å². The summed E-state index contributed by atoms with van der Waals surface area (Å²) in [4.78, 5) is 4.42. The first kappa shape index (κ1) is 15.5. The van der Waals surface area contributed by atoms with E-state index >= 15 is 0 Å². The minimum absolute atomic E-state index is 0.569. The first-order chi connectivity index (χ1) is 12.3. The molecule has 0 aliphatic carbocycles. The number of pyridine rings is 1. The number of ether oxygens (including phenoxy) is 1. The van der Waals surface area contributed by atoms with Gasteiger partial charge < -0.3 is 4.74 Å². The summed E-state index contributed by atoms with van der Waals surface area (Å²) in [5.74, 6) is 1.69. The van der Waals surface area contributed by atoms with Gasteiger partial charge in [-0.1, -0.05) is 18.2 Å². The Bertz CT molecular complexity index is 1080. The number of aromatic amines is 1. The van der Waals surface area contributed by atoms with E-state index in [0.29, 0.717) is 11.2 Å². The number of rotatable bonds is 4. The molecule has 0 bridgehead atoms. The van der Waals surface area contributed by atoms with Crippen molar-refractivity contribution in [3.05, 3.63) is 77.0 Å². The lowest BCUT2D eigenvalue weighted by Gasteiger charge is -2.10. The fraction of sp³-hybridized carbons (Fsp3) is 0.105. The highest BCUT2D eigenvalue weighted by Gasteiger charge is 2.12. The Labute approximate surface area is 149 Å². The van der Waals surface area contributed by atoms with Gasteiger partial charge >= 0.3 is 0 Å². The van der Waals surface area contributed by atoms with Gasteiger partial charge in [0.2, 0.25) is 0 Å². The second kappa shape index (κ2) is 6.49. The molecule has 25 heavy (non-hydrogen) atoms. The molecule has 0 unspecified atom stereocenters. The lowest BCUT2D eigenvalue weighted by molar-refractivity contribution is 0.414. The van der Waals surface area contributed by atoms with Crippen LogP contribution in [0.1, 0.15) is 11.4 Å². The van der Waals surface area contributed by atoms with Gasteiger partial charge in [0.1, 0.15) is 11.6 Å². The van der Waals surface area contributed by atoms with Crippen LogP contribution < -0.4 is 4.74 Å². The number of nitrogens with one attached hydrogen (secondary N) is 1. The van der Waals surface area contributed by atoms with Crippen LogP contribution in [0.3, 0.4) is 0 Å². The molecule has 6 heteroatoms. The van der Waals surface area contributed by atoms with Gasteiger partial charge in [0.05, 0.1) is 18.3 Å². The van der Waals surface area contributed by atoms with Gasteiger partial charge in [0, 0.05) is 18.0 Å². The third kappa shape index (κ3) is 2.92. The van der Waals surface area contributed by atoms with Crippen LogP contribution in [-0.2, 0) is 6.42 Å². The molecule has 1 N–H and O–H groups in total. The average molecular weight is 348 g/mol. The van der Waals surface area contributed by atoms with Crippen LogP contribution in [0.15, 0.2) is 60.8 Å². The second-order valence-corrected chi connectivity index (χ2v) is 6.04. The molecule has 0 aliphatic rings. The molecule has 0 fully saturated rings. The van der Waals surface area contributed by atoms with Crippen LogP contribution in [0, 0.1) is 4.77 Å². The summed E-state index contributed by atoms with van der Waals surface area (Å²) in [6.07, 6.45) is 2.45. The highest BCUT2D eigenvalue weighted by Crippen LogP contribution is 2.23. The highest BCUT2D eigenvalue weighted by atomic mass is 32.1. The molecule has 0 aliphatic heterocycles. The Kier molecular flexibility index (Phi) is 4.03. The normalized spacial score (nSPS) is 10.9. The van der Waals surface area contributed by atoms with E-state index in [2.05, 4.69) is 15.2 Å². The van der Waals surface area contributed by atoms with Crippen LogP contribution in [-0.4, -0.2) is 26.9 Å². The molecule has 4 aromatic rings. The molecule has 0 saturated carbocycles. The third-order valence-electron chi connectivity index (χ3n) is 4.13. The van der Waals surface area contributed by atoms with Gasteiger partial charge in [-0.25, -0.2) is 0 Å². The molecule has 0 amide bonds. The minimum Gasteiger partial charge on any atom is -0.497 e. The monoisotopic (exact) mass is 348 g/mol. The van der Waals surface area contributed by atoms with Gasteiger partial charge in [0.25, 0.3) is 0 Å². The van der Waals surface area contributed by atoms with Crippen LogP contribution in [0.2, 0.25) is 0 Å². The van der Waals surface area contributed by atoms with Crippen molar-refractivity contribution < 1.29 is 4.74 Å². The van der Waals surface area contributed by atoms with Gasteiger partial charge in [-0.15, -0.1) is 0 Å². The SMILES string of the molecule is COc1ccc(Cc2n[nH]c(=S)n2-c2cccc3ncccc23)cc1. The summed E-state index contributed by atoms with van der Waals surface area (Å²) in [5.41, 5.74) is 3.04. The summed E-state index contributed by atoms with van der Waals surface area (Å²) in [6, 6.07) is 17.9. The maximum atomic E-state index is 5.48. The zero-order valence-corrected chi connectivity index (χ0v) is 14.5. The third-order valence-corrected chi connectivity index (χ3v) is 4.40. The number of fused-ring (bicyclic) bond motifs is 1. The van der Waals surface area contributed by atoms with Crippen molar-refractivity contribution in [3.63, 3.8) is 0 Å². The van der Waals surface area contributed by atoms with E-state index < -0.39 is 0 Å². The molecule has 0 spiro atoms. The van der Waals surface area contributed by atoms with Crippen LogP contribution in [0.5, 0.6) is 5.75 Å². The lowest BCUT2D eigenvalue weighted by atomic mass is 10.1. The standard InChI is InChI=1S/C19H16N4OS/c1-24-14-9-7-13(8-10-14)12-18-21-22-19(25)23(18)17-6-2-5-16-15(17)4-3-11-20-16/h2-11H,12H2,1H3,(H,22,25). The number of hydrogen-bond donors (Lipinski definition) is 1. The molecule has 0 saturated heterocycles. The van der Waals surface area contributed by atoms with Crippen LogP contribution in [0.4, 0.5) is 0 Å². The predicted octanol–water partition coefficient (Wildman–Crippen LogP) is 4.08. The van der Waals surface area contributed by atoms with Crippen LogP contribution in [0.25, 0.3) is 16.6 Å². The number of methoxy groups -OCH3 is 1. The van der Waals surface area contributed by atoms with E-state index in [4.69, 9.17) is 17.0 Å². The van der Waals surface area contributed by atoms with Gasteiger partial charge in [0.15, 0.2) is 4.77 Å². The van der Waals surface area contributed by atoms with Gasteiger partial charge in [-0.2, -0.15) is 5.10 Å². The molecule has 0 atom stereocenters. The smallest absolute Gasteiger partial charge is 0.199 e. The molecule has 2 aromatic heterocycles. The molecule has 124 valence electrons. The quantitative estimate of drug-likeness (QED) is 0.565. The molecular formula is C19H16N4OS. The Morgan fingerprint density at radius 3 is 2.72 bits per heavy atom. The molecule has 5 nitrogen and oxygen atoms in total. The van der Waals surface area contributed by atoms with E-state index in [1.165, 1.54) is 0 Å². The fourth-order valence-corrected chi connectivity index (χ4v) is 3.15. The summed E-state index contributed by atoms with van der Waals surface area (Å²) in [5, 5.41) is 8.39. The molecule has 4 rings (SSSR count). The fourth-order valence-electron chi connectivity index (χ4n) is 2.90. The van der Waals surface area contributed by atoms with Crippen molar-refractivity contribution in [2.75, 3.05) is 7.11 Å². The Morgan fingerprint density at radius 2 is 1.92 bits per heavy atom. The zero-order valence-electron chi connectivity index (χ0n) is 13.6. The zero-order chi connectivity index (χ0) is 17.2. The van der Waals surface area contributed by atoms with Crippen molar-refractivity contribution in [3.8, 4) is 11.4 Å². The molecule has 0 radical (unpaired) electrons. The minimum atomic E-state index is 0.569. The first-order valence-electron chi connectivity index (χ1n) is 7.89. The number of H-pyrrole nitrogens is 1.